The van der Waals surface area contributed by atoms with Gasteiger partial charge in [0.2, 0.25) is 11.4 Å². The van der Waals surface area contributed by atoms with E-state index in [1.807, 2.05) is 31.1 Å². The molecular weight excluding hydrogens is 532 g/mol. The van der Waals surface area contributed by atoms with E-state index in [9.17, 15) is 18.0 Å². The molecule has 4 aromatic rings. The lowest BCUT2D eigenvalue weighted by molar-refractivity contribution is 0.0536. The van der Waals surface area contributed by atoms with Crippen LogP contribution in [0.25, 0.3) is 16.7 Å². The highest BCUT2D eigenvalue weighted by Crippen LogP contribution is 2.26. The van der Waals surface area contributed by atoms with Crippen molar-refractivity contribution in [3.05, 3.63) is 81.8 Å². The summed E-state index contributed by atoms with van der Waals surface area (Å²) in [6, 6.07) is 12.5. The Morgan fingerprint density at radius 2 is 1.93 bits per heavy atom. The maximum atomic E-state index is 13.2. The predicted octanol–water partition coefficient (Wildman–Crippen LogP) is 2.64. The molecule has 0 saturated heterocycles. The van der Waals surface area contributed by atoms with Crippen molar-refractivity contribution >= 4 is 38.4 Å². The first-order valence-corrected chi connectivity index (χ1v) is 14.4. The molecule has 40 heavy (non-hydrogen) atoms. The number of anilines is 2. The van der Waals surface area contributed by atoms with Gasteiger partial charge in [-0.15, -0.1) is 0 Å². The highest BCUT2D eigenvalue weighted by Gasteiger charge is 2.20. The van der Waals surface area contributed by atoms with E-state index in [4.69, 9.17) is 4.84 Å². The predicted molar refractivity (Wildman–Crippen MR) is 152 cm³/mol. The fourth-order valence-corrected chi connectivity index (χ4v) is 6.14. The second-order valence-electron chi connectivity index (χ2n) is 9.89. The average molecular weight is 563 g/mol. The van der Waals surface area contributed by atoms with Crippen LogP contribution in [0.15, 0.2) is 64.5 Å². The zero-order valence-electron chi connectivity index (χ0n) is 22.5. The number of hydroxylamine groups is 1. The maximum Gasteiger partial charge on any atom is 0.280 e. The number of carbonyl (C=O) groups is 1. The van der Waals surface area contributed by atoms with Crippen LogP contribution in [0, 0.1) is 0 Å². The van der Waals surface area contributed by atoms with Gasteiger partial charge in [-0.25, -0.2) is 18.9 Å². The van der Waals surface area contributed by atoms with Gasteiger partial charge in [-0.2, -0.15) is 4.98 Å². The van der Waals surface area contributed by atoms with E-state index < -0.39 is 21.2 Å². The van der Waals surface area contributed by atoms with Crippen molar-refractivity contribution in [2.24, 2.45) is 0 Å². The van der Waals surface area contributed by atoms with E-state index in [2.05, 4.69) is 26.8 Å². The Morgan fingerprint density at radius 3 is 2.70 bits per heavy atom. The quantitative estimate of drug-likeness (QED) is 0.295. The van der Waals surface area contributed by atoms with Gasteiger partial charge in [0.05, 0.1) is 23.1 Å². The summed E-state index contributed by atoms with van der Waals surface area (Å²) in [5.74, 6) is -0.528. The number of carbonyl (C=O) groups excluding carboxylic acids is 1. The van der Waals surface area contributed by atoms with Gasteiger partial charge in [0.25, 0.3) is 5.91 Å². The summed E-state index contributed by atoms with van der Waals surface area (Å²) in [4.78, 5) is 41.5. The number of aryl methyl sites for hydroxylation is 2. The minimum atomic E-state index is -3.49. The molecule has 5 rings (SSSR count). The molecule has 11 nitrogen and oxygen atoms in total. The van der Waals surface area contributed by atoms with Crippen molar-refractivity contribution in [1.29, 1.82) is 0 Å². The zero-order chi connectivity index (χ0) is 28.4. The number of hydrogen-bond donors (Lipinski definition) is 2. The van der Waals surface area contributed by atoms with E-state index in [1.165, 1.54) is 36.7 Å². The highest BCUT2D eigenvalue weighted by molar-refractivity contribution is 7.91. The number of nitrogens with one attached hydrogen (secondary N) is 2. The molecule has 0 aliphatic heterocycles. The van der Waals surface area contributed by atoms with Crippen molar-refractivity contribution in [1.82, 2.24) is 24.9 Å². The third kappa shape index (κ3) is 5.60. The van der Waals surface area contributed by atoms with Crippen molar-refractivity contribution in [2.45, 2.75) is 24.2 Å². The van der Waals surface area contributed by atoms with Gasteiger partial charge in [0.15, 0.2) is 15.5 Å². The third-order valence-corrected chi connectivity index (χ3v) is 8.49. The number of pyridine rings is 1. The second-order valence-corrected chi connectivity index (χ2v) is 12.0. The van der Waals surface area contributed by atoms with Gasteiger partial charge < -0.3 is 14.8 Å². The van der Waals surface area contributed by atoms with E-state index in [-0.39, 0.29) is 27.5 Å². The topological polar surface area (TPSA) is 136 Å². The molecule has 0 fully saturated rings. The van der Waals surface area contributed by atoms with Crippen molar-refractivity contribution in [3.63, 3.8) is 0 Å². The van der Waals surface area contributed by atoms with Crippen LogP contribution in [0.3, 0.4) is 0 Å². The van der Waals surface area contributed by atoms with Crippen LogP contribution in [0.4, 0.5) is 11.6 Å². The lowest BCUT2D eigenvalue weighted by Gasteiger charge is -2.15. The lowest BCUT2D eigenvalue weighted by atomic mass is 10.1. The van der Waals surface area contributed by atoms with Gasteiger partial charge in [0.1, 0.15) is 5.56 Å². The summed E-state index contributed by atoms with van der Waals surface area (Å²) >= 11 is 0. The van der Waals surface area contributed by atoms with Crippen LogP contribution >= 0.6 is 0 Å². The van der Waals surface area contributed by atoms with Crippen LogP contribution in [-0.2, 0) is 27.5 Å². The molecule has 0 bridgehead atoms. The first-order valence-electron chi connectivity index (χ1n) is 12.8. The molecule has 0 radical (unpaired) electrons. The Morgan fingerprint density at radius 1 is 1.12 bits per heavy atom. The Kier molecular flexibility index (Phi) is 7.66. The summed E-state index contributed by atoms with van der Waals surface area (Å²) in [6.07, 6.45) is 5.85. The fourth-order valence-electron chi connectivity index (χ4n) is 4.70. The summed E-state index contributed by atoms with van der Waals surface area (Å²) < 4.78 is 27.3. The van der Waals surface area contributed by atoms with Gasteiger partial charge in [-0.05, 0) is 74.8 Å². The van der Waals surface area contributed by atoms with Gasteiger partial charge in [-0.3, -0.25) is 14.4 Å². The Hall–Kier alpha value is -4.13. The van der Waals surface area contributed by atoms with Gasteiger partial charge in [-0.1, -0.05) is 12.1 Å². The first-order chi connectivity index (χ1) is 19.2. The van der Waals surface area contributed by atoms with Crippen LogP contribution < -0.4 is 16.2 Å². The molecule has 2 heterocycles. The largest absolute Gasteiger partial charge is 0.324 e. The van der Waals surface area contributed by atoms with Crippen molar-refractivity contribution in [3.8, 4) is 5.69 Å². The minimum absolute atomic E-state index is 0.0119. The SMILES string of the molecule is CONC(=O)c1cn(-c2ccc3c(c2)CCC3)c2nc(Nc3cccc(S(=O)(=O)CCN(C)C)c3)ncc2c1=O. The van der Waals surface area contributed by atoms with Crippen molar-refractivity contribution in [2.75, 3.05) is 38.8 Å². The molecule has 1 aliphatic carbocycles. The molecule has 12 heteroatoms. The molecule has 1 amide bonds. The minimum Gasteiger partial charge on any atom is -0.324 e. The van der Waals surface area contributed by atoms with Crippen molar-refractivity contribution < 1.29 is 18.0 Å². The number of rotatable bonds is 9. The van der Waals surface area contributed by atoms with E-state index >= 15 is 0 Å². The summed E-state index contributed by atoms with van der Waals surface area (Å²) in [5, 5.41) is 3.21. The summed E-state index contributed by atoms with van der Waals surface area (Å²) in [5.41, 5.74) is 5.57. The molecule has 0 atom stereocenters. The molecule has 208 valence electrons. The Bertz CT molecular complexity index is 1770. The van der Waals surface area contributed by atoms with Gasteiger partial charge in [0, 0.05) is 30.3 Å². The smallest absolute Gasteiger partial charge is 0.280 e. The zero-order valence-corrected chi connectivity index (χ0v) is 23.3. The standard InChI is InChI=1S/C28H30N6O5S/c1-33(2)12-13-40(37,38)22-9-5-8-20(15-22)30-28-29-16-23-25(35)24(27(36)32-39-3)17-34(26(23)31-28)21-11-10-18-6-4-7-19(18)14-21/h5,8-11,14-17H,4,6-7,12-13H2,1-3H3,(H,32,36)(H,29,30,31). The molecule has 2 aromatic carbocycles. The lowest BCUT2D eigenvalue weighted by Crippen LogP contribution is -2.29. The normalized spacial score (nSPS) is 13.0. The van der Waals surface area contributed by atoms with E-state index in [0.717, 1.165) is 24.9 Å². The number of aromatic nitrogens is 3. The first kappa shape index (κ1) is 27.4. The molecule has 2 aromatic heterocycles. The number of fused-ring (bicyclic) bond motifs is 2. The summed E-state index contributed by atoms with van der Waals surface area (Å²) in [7, 11) is 1.44. The third-order valence-electron chi connectivity index (χ3n) is 6.80. The Balaban J connectivity index is 1.58. The molecule has 0 unspecified atom stereocenters. The fraction of sp³-hybridized carbons (Fsp3) is 0.286. The van der Waals surface area contributed by atoms with Crippen LogP contribution in [0.2, 0.25) is 0 Å². The molecule has 0 saturated carbocycles. The number of nitrogens with zero attached hydrogens (tertiary/aromatic N) is 4. The summed E-state index contributed by atoms with van der Waals surface area (Å²) in [6.45, 7) is 0.401. The van der Waals surface area contributed by atoms with E-state index in [0.29, 0.717) is 17.9 Å². The molecule has 2 N–H and O–H groups in total. The van der Waals surface area contributed by atoms with Crippen LogP contribution in [0.1, 0.15) is 27.9 Å². The number of hydrogen-bond acceptors (Lipinski definition) is 9. The van der Waals surface area contributed by atoms with Crippen LogP contribution in [-0.4, -0.2) is 67.3 Å². The monoisotopic (exact) mass is 562 g/mol. The van der Waals surface area contributed by atoms with Gasteiger partial charge >= 0.3 is 0 Å². The average Bonchev–Trinajstić information content (AvgIpc) is 3.40. The molecular formula is C28H30N6O5S. The molecule has 1 aliphatic rings. The number of sulfone groups is 1. The second kappa shape index (κ2) is 11.2. The molecule has 0 spiro atoms. The van der Waals surface area contributed by atoms with Crippen LogP contribution in [0.5, 0.6) is 0 Å². The number of benzene rings is 2. The maximum absolute atomic E-state index is 13.2. The number of amides is 1. The Labute approximate surface area is 231 Å². The van der Waals surface area contributed by atoms with E-state index in [1.54, 1.807) is 22.8 Å². The highest BCUT2D eigenvalue weighted by atomic mass is 32.2.